The molecule has 3 N–H and O–H groups in total. The highest BCUT2D eigenvalue weighted by Crippen LogP contribution is 2.41. The number of phenols is 1. The summed E-state index contributed by atoms with van der Waals surface area (Å²) in [7, 11) is -4.57. The Kier molecular flexibility index (Phi) is 5.19. The lowest BCUT2D eigenvalue weighted by Gasteiger charge is -2.08. The van der Waals surface area contributed by atoms with Crippen molar-refractivity contribution in [3.05, 3.63) is 65.4 Å². The van der Waals surface area contributed by atoms with Crippen molar-refractivity contribution >= 4 is 32.3 Å². The van der Waals surface area contributed by atoms with Gasteiger partial charge in [-0.15, -0.1) is 10.2 Å². The molecule has 164 valence electrons. The second kappa shape index (κ2) is 7.74. The average Bonchev–Trinajstić information content (AvgIpc) is 3.02. The van der Waals surface area contributed by atoms with Gasteiger partial charge in [-0.2, -0.15) is 18.2 Å². The Balaban J connectivity index is 1.84. The first-order valence-corrected chi connectivity index (χ1v) is 11.0. The third-order valence-corrected chi connectivity index (χ3v) is 6.12. The molecule has 0 saturated heterocycles. The summed E-state index contributed by atoms with van der Waals surface area (Å²) in [5, 5.41) is 34.0. The van der Waals surface area contributed by atoms with Gasteiger partial charge in [-0.1, -0.05) is 30.3 Å². The lowest BCUT2D eigenvalue weighted by atomic mass is 10.1. The monoisotopic (exact) mass is 452 g/mol. The van der Waals surface area contributed by atoms with Gasteiger partial charge in [0.05, 0.1) is 11.4 Å². The average molecular weight is 452 g/mol. The summed E-state index contributed by atoms with van der Waals surface area (Å²) in [6.07, 6.45) is 0. The van der Waals surface area contributed by atoms with Crippen LogP contribution in [0.3, 0.4) is 0 Å². The minimum atomic E-state index is -4.57. The molecule has 10 heteroatoms. The maximum Gasteiger partial charge on any atom is 0.295 e. The Labute approximate surface area is 184 Å². The molecule has 3 aromatic carbocycles. The van der Waals surface area contributed by atoms with E-state index in [1.54, 1.807) is 25.1 Å². The van der Waals surface area contributed by atoms with E-state index in [0.717, 1.165) is 17.2 Å². The van der Waals surface area contributed by atoms with Crippen molar-refractivity contribution in [1.29, 1.82) is 0 Å². The van der Waals surface area contributed by atoms with Crippen molar-refractivity contribution in [3.8, 4) is 17.3 Å². The number of nitrogens with zero attached hydrogens (tertiary/aromatic N) is 4. The molecule has 0 spiro atoms. The number of aromatic hydroxyl groups is 2. The predicted octanol–water partition coefficient (Wildman–Crippen LogP) is 5.02. The van der Waals surface area contributed by atoms with Crippen molar-refractivity contribution in [2.45, 2.75) is 25.7 Å². The van der Waals surface area contributed by atoms with Gasteiger partial charge in [-0.05, 0) is 44.0 Å². The van der Waals surface area contributed by atoms with E-state index in [0.29, 0.717) is 11.4 Å². The van der Waals surface area contributed by atoms with Crippen LogP contribution in [0.1, 0.15) is 16.8 Å². The minimum absolute atomic E-state index is 0.00858. The maximum atomic E-state index is 11.7. The summed E-state index contributed by atoms with van der Waals surface area (Å²) in [5.74, 6) is -0.716. The Hall–Kier alpha value is -3.76. The highest BCUT2D eigenvalue weighted by Gasteiger charge is 2.20. The van der Waals surface area contributed by atoms with Gasteiger partial charge >= 0.3 is 0 Å². The number of hydrogen-bond donors (Lipinski definition) is 3. The number of rotatable bonds is 4. The number of fused-ring (bicyclic) bond motifs is 1. The molecule has 0 aliphatic carbocycles. The molecule has 0 atom stereocenters. The summed E-state index contributed by atoms with van der Waals surface area (Å²) >= 11 is 0. The summed E-state index contributed by atoms with van der Waals surface area (Å²) in [5.41, 5.74) is 3.29. The molecule has 0 aliphatic rings. The fraction of sp³-hybridized carbons (Fsp3) is 0.136. The number of aromatic nitrogens is 2. The topological polar surface area (TPSA) is 137 Å². The van der Waals surface area contributed by atoms with Crippen LogP contribution in [-0.2, 0) is 10.1 Å². The summed E-state index contributed by atoms with van der Waals surface area (Å²) in [4.78, 5) is -0.439. The molecule has 1 aromatic heterocycles. The van der Waals surface area contributed by atoms with Gasteiger partial charge in [-0.25, -0.2) is 0 Å². The Bertz CT molecular complexity index is 1510. The molecule has 9 nitrogen and oxygen atoms in total. The summed E-state index contributed by atoms with van der Waals surface area (Å²) in [6, 6.07) is 12.8. The number of azo groups is 1. The number of phenolic OH excluding ortho intramolecular Hbond substituents is 1. The van der Waals surface area contributed by atoms with Crippen molar-refractivity contribution < 1.29 is 23.2 Å². The number of benzene rings is 3. The van der Waals surface area contributed by atoms with E-state index in [1.165, 1.54) is 10.7 Å². The number of aryl methyl sites for hydroxylation is 3. The number of hydrogen-bond acceptors (Lipinski definition) is 7. The van der Waals surface area contributed by atoms with Crippen LogP contribution in [0.25, 0.3) is 16.5 Å². The molecular weight excluding hydrogens is 432 g/mol. The first kappa shape index (κ1) is 21.5. The van der Waals surface area contributed by atoms with Crippen LogP contribution in [0.15, 0.2) is 63.7 Å². The first-order valence-electron chi connectivity index (χ1n) is 9.58. The van der Waals surface area contributed by atoms with Crippen molar-refractivity contribution in [3.63, 3.8) is 0 Å². The molecule has 1 heterocycles. The van der Waals surface area contributed by atoms with Gasteiger partial charge in [-0.3, -0.25) is 4.55 Å². The highest BCUT2D eigenvalue weighted by molar-refractivity contribution is 7.86. The minimum Gasteiger partial charge on any atom is -0.506 e. The van der Waals surface area contributed by atoms with Gasteiger partial charge in [0.15, 0.2) is 5.69 Å². The Morgan fingerprint density at radius 2 is 1.53 bits per heavy atom. The van der Waals surface area contributed by atoms with E-state index >= 15 is 0 Å². The van der Waals surface area contributed by atoms with Crippen LogP contribution in [0, 0.1) is 20.8 Å². The Morgan fingerprint density at radius 3 is 2.19 bits per heavy atom. The highest BCUT2D eigenvalue weighted by atomic mass is 32.2. The Morgan fingerprint density at radius 1 is 0.875 bits per heavy atom. The molecule has 0 radical (unpaired) electrons. The first-order chi connectivity index (χ1) is 15.1. The van der Waals surface area contributed by atoms with Crippen LogP contribution >= 0.6 is 0 Å². The van der Waals surface area contributed by atoms with Crippen molar-refractivity contribution in [2.75, 3.05) is 0 Å². The van der Waals surface area contributed by atoms with E-state index in [-0.39, 0.29) is 28.0 Å². The summed E-state index contributed by atoms with van der Waals surface area (Å²) in [6.45, 7) is 5.60. The molecule has 4 rings (SSSR count). The largest absolute Gasteiger partial charge is 0.506 e. The smallest absolute Gasteiger partial charge is 0.295 e. The van der Waals surface area contributed by atoms with Gasteiger partial charge in [0.2, 0.25) is 5.88 Å². The van der Waals surface area contributed by atoms with Crippen LogP contribution in [0.4, 0.5) is 11.4 Å². The quantitative estimate of drug-likeness (QED) is 0.293. The van der Waals surface area contributed by atoms with Crippen LogP contribution in [-0.4, -0.2) is 33.0 Å². The zero-order valence-corrected chi connectivity index (χ0v) is 18.3. The van der Waals surface area contributed by atoms with Crippen molar-refractivity contribution in [1.82, 2.24) is 9.78 Å². The predicted molar refractivity (Wildman–Crippen MR) is 119 cm³/mol. The van der Waals surface area contributed by atoms with Crippen LogP contribution < -0.4 is 0 Å². The van der Waals surface area contributed by atoms with Crippen LogP contribution in [0.2, 0.25) is 0 Å². The second-order valence-electron chi connectivity index (χ2n) is 7.40. The van der Waals surface area contributed by atoms with Gasteiger partial charge in [0.25, 0.3) is 10.1 Å². The van der Waals surface area contributed by atoms with E-state index in [9.17, 15) is 23.2 Å². The fourth-order valence-electron chi connectivity index (χ4n) is 3.39. The zero-order valence-electron chi connectivity index (χ0n) is 17.5. The molecule has 0 bridgehead atoms. The normalized spacial score (nSPS) is 12.1. The second-order valence-corrected chi connectivity index (χ2v) is 8.79. The summed E-state index contributed by atoms with van der Waals surface area (Å²) < 4.78 is 34.3. The maximum absolute atomic E-state index is 11.7. The molecular formula is C22H20N4O5S. The molecule has 0 unspecified atom stereocenters. The molecule has 32 heavy (non-hydrogen) atoms. The molecule has 4 aromatic rings. The van der Waals surface area contributed by atoms with Crippen LogP contribution in [0.5, 0.6) is 11.6 Å². The van der Waals surface area contributed by atoms with Crippen molar-refractivity contribution in [2.24, 2.45) is 10.2 Å². The van der Waals surface area contributed by atoms with E-state index < -0.39 is 20.8 Å². The van der Waals surface area contributed by atoms with Gasteiger partial charge < -0.3 is 10.2 Å². The van der Waals surface area contributed by atoms with Gasteiger partial charge in [0.1, 0.15) is 16.3 Å². The molecule has 0 amide bonds. The van der Waals surface area contributed by atoms with Gasteiger partial charge in [0, 0.05) is 16.8 Å². The van der Waals surface area contributed by atoms with E-state index in [1.807, 2.05) is 32.0 Å². The van der Waals surface area contributed by atoms with E-state index in [4.69, 9.17) is 0 Å². The third kappa shape index (κ3) is 3.70. The SMILES string of the molecule is Cc1ccc(-n2nc(C)c(N=Nc3c(O)cc(S(=O)(=O)O)c4ccccc34)c2O)cc1C. The third-order valence-electron chi connectivity index (χ3n) is 5.23. The molecule has 0 aliphatic heterocycles. The van der Waals surface area contributed by atoms with E-state index in [2.05, 4.69) is 15.3 Å². The molecule has 0 saturated carbocycles. The standard InChI is InChI=1S/C22H20N4O5S/c1-12-8-9-15(10-13(12)2)26-22(28)20(14(3)25-26)23-24-21-17-7-5-4-6-16(17)19(11-18(21)27)32(29,30)31/h4-11,27-28H,1-3H3,(H,29,30,31). The molecule has 0 fully saturated rings. The zero-order chi connectivity index (χ0) is 23.2. The lowest BCUT2D eigenvalue weighted by Crippen LogP contribution is -1.99. The fourth-order valence-corrected chi connectivity index (χ4v) is 4.11. The lowest BCUT2D eigenvalue weighted by molar-refractivity contribution is 0.434.